The van der Waals surface area contributed by atoms with Crippen LogP contribution in [0.3, 0.4) is 0 Å². The average Bonchev–Trinajstić information content (AvgIpc) is 2.50. The largest absolute Gasteiger partial charge is 0.491 e. The Kier molecular flexibility index (Phi) is 2.42. The fourth-order valence-corrected chi connectivity index (χ4v) is 1.73. The lowest BCUT2D eigenvalue weighted by atomic mass is 9.71. The molecule has 2 rings (SSSR count). The number of benzene rings is 1. The molecule has 1 aliphatic heterocycles. The molecule has 0 unspecified atom stereocenters. The first-order valence-electron chi connectivity index (χ1n) is 4.51. The van der Waals surface area contributed by atoms with Gasteiger partial charge in [-0.1, -0.05) is 36.9 Å². The molecule has 0 saturated heterocycles. The fraction of sp³-hybridized carbons (Fsp3) is 0.333. The highest BCUT2D eigenvalue weighted by atomic mass is 16.5. The normalized spacial score (nSPS) is 14.5. The van der Waals surface area contributed by atoms with Gasteiger partial charge in [0.15, 0.2) is 0 Å². The maximum absolute atomic E-state index is 9.44. The zero-order valence-corrected chi connectivity index (χ0v) is 7.66. The molecule has 4 heteroatoms. The zero-order chi connectivity index (χ0) is 9.26. The third-order valence-corrected chi connectivity index (χ3v) is 2.38. The van der Waals surface area contributed by atoms with Crippen molar-refractivity contribution in [3.63, 3.8) is 0 Å². The second-order valence-corrected chi connectivity index (χ2v) is 3.26. The van der Waals surface area contributed by atoms with Crippen molar-refractivity contribution >= 4 is 19.9 Å². The standard InChI is InChI=1S/C9H11B2O2/c1-10-5-7-3-2-4-9-8(7)6-13-11(9)12/h2-4,12H,5-6H2,1H3. The van der Waals surface area contributed by atoms with Crippen LogP contribution in [0.15, 0.2) is 18.2 Å². The molecule has 0 aliphatic carbocycles. The molecule has 0 amide bonds. The molecule has 1 radical (unpaired) electrons. The van der Waals surface area contributed by atoms with Crippen LogP contribution in [0.5, 0.6) is 0 Å². The number of fused-ring (bicyclic) bond motifs is 1. The molecule has 65 valence electrons. The van der Waals surface area contributed by atoms with Gasteiger partial charge in [-0.05, 0) is 11.0 Å². The van der Waals surface area contributed by atoms with Gasteiger partial charge < -0.3 is 9.68 Å². The van der Waals surface area contributed by atoms with Gasteiger partial charge in [-0.2, -0.15) is 0 Å². The Bertz CT molecular complexity index is 314. The Balaban J connectivity index is 2.38. The van der Waals surface area contributed by atoms with E-state index in [1.807, 2.05) is 19.0 Å². The molecule has 0 bridgehead atoms. The van der Waals surface area contributed by atoms with Gasteiger partial charge in [0.2, 0.25) is 0 Å². The van der Waals surface area contributed by atoms with Crippen LogP contribution in [-0.4, -0.2) is 19.4 Å². The van der Waals surface area contributed by atoms with E-state index in [1.165, 1.54) is 5.56 Å². The molecule has 1 aromatic carbocycles. The highest BCUT2D eigenvalue weighted by Crippen LogP contribution is 2.14. The Morgan fingerprint density at radius 2 is 2.46 bits per heavy atom. The first-order valence-corrected chi connectivity index (χ1v) is 4.51. The number of hydrogen-bond donors (Lipinski definition) is 1. The second kappa shape index (κ2) is 3.56. The summed E-state index contributed by atoms with van der Waals surface area (Å²) in [7, 11) is 1.40. The fourth-order valence-electron chi connectivity index (χ4n) is 1.73. The minimum atomic E-state index is -0.716. The van der Waals surface area contributed by atoms with Crippen LogP contribution in [0.1, 0.15) is 11.1 Å². The van der Waals surface area contributed by atoms with Crippen LogP contribution in [0, 0.1) is 0 Å². The van der Waals surface area contributed by atoms with Crippen molar-refractivity contribution < 1.29 is 9.68 Å². The van der Waals surface area contributed by atoms with Gasteiger partial charge in [0, 0.05) is 0 Å². The predicted octanol–water partition coefficient (Wildman–Crippen LogP) is 0.157. The van der Waals surface area contributed by atoms with Crippen LogP contribution in [0.2, 0.25) is 6.82 Å². The highest BCUT2D eigenvalue weighted by molar-refractivity contribution is 6.61. The first-order chi connectivity index (χ1) is 6.33. The monoisotopic (exact) mass is 173 g/mol. The summed E-state index contributed by atoms with van der Waals surface area (Å²) >= 11 is 0. The SMILES string of the molecule is C[B]Cc1cccc2c1COB2O. The summed E-state index contributed by atoms with van der Waals surface area (Å²) in [6.07, 6.45) is 0.944. The summed E-state index contributed by atoms with van der Waals surface area (Å²) in [5, 5.41) is 9.44. The Morgan fingerprint density at radius 3 is 3.23 bits per heavy atom. The minimum Gasteiger partial charge on any atom is -0.423 e. The second-order valence-electron chi connectivity index (χ2n) is 3.26. The molecular formula is C9H11B2O2. The van der Waals surface area contributed by atoms with Crippen LogP contribution in [0.4, 0.5) is 0 Å². The smallest absolute Gasteiger partial charge is 0.423 e. The summed E-state index contributed by atoms with van der Waals surface area (Å²) in [5.41, 5.74) is 3.35. The molecule has 0 atom stereocenters. The molecule has 2 nitrogen and oxygen atoms in total. The van der Waals surface area contributed by atoms with E-state index < -0.39 is 7.12 Å². The van der Waals surface area contributed by atoms with E-state index in [0.29, 0.717) is 6.61 Å². The lowest BCUT2D eigenvalue weighted by Crippen LogP contribution is -2.28. The summed E-state index contributed by atoms with van der Waals surface area (Å²) in [6, 6.07) is 5.97. The Hall–Kier alpha value is -0.730. The molecule has 13 heavy (non-hydrogen) atoms. The van der Waals surface area contributed by atoms with Crippen molar-refractivity contribution in [2.45, 2.75) is 19.8 Å². The van der Waals surface area contributed by atoms with Crippen LogP contribution < -0.4 is 5.46 Å². The molecule has 0 fully saturated rings. The Labute approximate surface area is 79.3 Å². The van der Waals surface area contributed by atoms with Crippen molar-refractivity contribution in [3.05, 3.63) is 29.3 Å². The first kappa shape index (κ1) is 8.85. The average molecular weight is 173 g/mol. The van der Waals surface area contributed by atoms with Crippen molar-refractivity contribution in [2.75, 3.05) is 0 Å². The Morgan fingerprint density at radius 1 is 1.62 bits per heavy atom. The van der Waals surface area contributed by atoms with Crippen molar-refractivity contribution in [1.29, 1.82) is 0 Å². The van der Waals surface area contributed by atoms with Gasteiger partial charge in [-0.3, -0.25) is 0 Å². The van der Waals surface area contributed by atoms with E-state index in [9.17, 15) is 5.02 Å². The van der Waals surface area contributed by atoms with E-state index in [-0.39, 0.29) is 0 Å². The molecule has 1 N–H and O–H groups in total. The van der Waals surface area contributed by atoms with Gasteiger partial charge >= 0.3 is 7.12 Å². The minimum absolute atomic E-state index is 0.542. The van der Waals surface area contributed by atoms with E-state index in [2.05, 4.69) is 13.3 Å². The van der Waals surface area contributed by atoms with E-state index in [4.69, 9.17) is 4.65 Å². The lowest BCUT2D eigenvalue weighted by molar-refractivity contribution is 0.275. The molecule has 0 aromatic heterocycles. The van der Waals surface area contributed by atoms with E-state index in [0.717, 1.165) is 17.3 Å². The van der Waals surface area contributed by atoms with Gasteiger partial charge in [-0.15, -0.1) is 0 Å². The van der Waals surface area contributed by atoms with Gasteiger partial charge in [-0.25, -0.2) is 0 Å². The maximum atomic E-state index is 9.44. The molecule has 0 saturated carbocycles. The third-order valence-electron chi connectivity index (χ3n) is 2.38. The van der Waals surface area contributed by atoms with Gasteiger partial charge in [0.05, 0.1) is 6.61 Å². The summed E-state index contributed by atoms with van der Waals surface area (Å²) < 4.78 is 5.15. The van der Waals surface area contributed by atoms with Crippen LogP contribution in [-0.2, 0) is 17.6 Å². The molecule has 1 aromatic rings. The number of rotatable bonds is 2. The topological polar surface area (TPSA) is 29.5 Å². The van der Waals surface area contributed by atoms with Crippen molar-refractivity contribution in [3.8, 4) is 0 Å². The van der Waals surface area contributed by atoms with Crippen LogP contribution in [0.25, 0.3) is 0 Å². The summed E-state index contributed by atoms with van der Waals surface area (Å²) in [5.74, 6) is 0. The van der Waals surface area contributed by atoms with Crippen molar-refractivity contribution in [1.82, 2.24) is 0 Å². The lowest BCUT2D eigenvalue weighted by Gasteiger charge is -2.04. The molecular weight excluding hydrogens is 162 g/mol. The van der Waals surface area contributed by atoms with Gasteiger partial charge in [0.1, 0.15) is 7.28 Å². The predicted molar refractivity (Wildman–Crippen MR) is 54.2 cm³/mol. The summed E-state index contributed by atoms with van der Waals surface area (Å²) in [6.45, 7) is 2.58. The van der Waals surface area contributed by atoms with Crippen LogP contribution >= 0.6 is 0 Å². The van der Waals surface area contributed by atoms with E-state index in [1.54, 1.807) is 0 Å². The van der Waals surface area contributed by atoms with Gasteiger partial charge in [0.25, 0.3) is 0 Å². The molecule has 0 spiro atoms. The molecule has 1 aliphatic rings. The third kappa shape index (κ3) is 1.52. The molecule has 1 heterocycles. The van der Waals surface area contributed by atoms with Crippen molar-refractivity contribution in [2.24, 2.45) is 0 Å². The highest BCUT2D eigenvalue weighted by Gasteiger charge is 2.28. The quantitative estimate of drug-likeness (QED) is 0.645. The summed E-state index contributed by atoms with van der Waals surface area (Å²) in [4.78, 5) is 0. The maximum Gasteiger partial charge on any atom is 0.491 e. The van der Waals surface area contributed by atoms with E-state index >= 15 is 0 Å². The number of hydrogen-bond acceptors (Lipinski definition) is 2. The zero-order valence-electron chi connectivity index (χ0n) is 7.66.